The summed E-state index contributed by atoms with van der Waals surface area (Å²) < 4.78 is 66.5. The molecule has 3 aromatic carbocycles. The van der Waals surface area contributed by atoms with Gasteiger partial charge in [0.05, 0.1) is 30.2 Å². The molecular formula is C25H23F2N3O6S. The number of hydrogen-bond acceptors (Lipinski definition) is 6. The predicted octanol–water partition coefficient (Wildman–Crippen LogP) is 4.54. The van der Waals surface area contributed by atoms with Crippen LogP contribution >= 0.6 is 0 Å². The van der Waals surface area contributed by atoms with E-state index in [1.807, 2.05) is 0 Å². The molecule has 0 bridgehead atoms. The molecule has 1 heterocycles. The third-order valence-corrected chi connectivity index (χ3v) is 7.54. The number of carboxylic acid groups (broad SMARTS) is 1. The van der Waals surface area contributed by atoms with Crippen molar-refractivity contribution in [3.63, 3.8) is 0 Å². The van der Waals surface area contributed by atoms with E-state index in [9.17, 15) is 27.1 Å². The van der Waals surface area contributed by atoms with Crippen molar-refractivity contribution in [2.24, 2.45) is 0 Å². The van der Waals surface area contributed by atoms with Gasteiger partial charge >= 0.3 is 12.5 Å². The van der Waals surface area contributed by atoms with Gasteiger partial charge in [0.1, 0.15) is 11.5 Å². The van der Waals surface area contributed by atoms with Crippen molar-refractivity contribution in [3.8, 4) is 11.5 Å². The second kappa shape index (κ2) is 10.5. The summed E-state index contributed by atoms with van der Waals surface area (Å²) >= 11 is 0. The first-order valence-electron chi connectivity index (χ1n) is 10.9. The highest BCUT2D eigenvalue weighted by Gasteiger charge is 2.30. The summed E-state index contributed by atoms with van der Waals surface area (Å²) in [6.07, 6.45) is 0.900. The van der Waals surface area contributed by atoms with Gasteiger partial charge < -0.3 is 14.6 Å². The molecule has 0 amide bonds. The van der Waals surface area contributed by atoms with Crippen molar-refractivity contribution in [1.29, 1.82) is 0 Å². The summed E-state index contributed by atoms with van der Waals surface area (Å²) in [5.74, 6) is -0.242. The molecule has 1 aromatic heterocycles. The predicted molar refractivity (Wildman–Crippen MR) is 130 cm³/mol. The minimum absolute atomic E-state index is 0.0832. The van der Waals surface area contributed by atoms with Crippen molar-refractivity contribution < 1.29 is 36.6 Å². The molecule has 0 spiro atoms. The SMILES string of the molecule is COc1ccc(CN(Cc2ccc(OC)cc2)S(=O)(=O)c2cc(C(=O)O)cc3nn(C(F)F)cc23)cc1. The van der Waals surface area contributed by atoms with Gasteiger partial charge in [-0.15, -0.1) is 0 Å². The molecule has 0 atom stereocenters. The molecule has 194 valence electrons. The van der Waals surface area contributed by atoms with E-state index in [-0.39, 0.29) is 29.6 Å². The summed E-state index contributed by atoms with van der Waals surface area (Å²) in [6, 6.07) is 15.6. The number of carbonyl (C=O) groups is 1. The summed E-state index contributed by atoms with van der Waals surface area (Å²) in [7, 11) is -1.40. The quantitative estimate of drug-likeness (QED) is 0.320. The first-order chi connectivity index (χ1) is 17.6. The fraction of sp³-hybridized carbons (Fsp3) is 0.200. The molecule has 0 fully saturated rings. The molecule has 1 N–H and O–H groups in total. The normalized spacial score (nSPS) is 11.8. The Labute approximate surface area is 211 Å². The Morgan fingerprint density at radius 2 is 1.49 bits per heavy atom. The van der Waals surface area contributed by atoms with Crippen LogP contribution in [-0.4, -0.2) is 47.8 Å². The zero-order valence-electron chi connectivity index (χ0n) is 19.8. The number of benzene rings is 3. The van der Waals surface area contributed by atoms with Crippen LogP contribution in [0.3, 0.4) is 0 Å². The van der Waals surface area contributed by atoms with Gasteiger partial charge in [0.2, 0.25) is 10.0 Å². The smallest absolute Gasteiger partial charge is 0.335 e. The molecule has 4 rings (SSSR count). The van der Waals surface area contributed by atoms with Gasteiger partial charge in [0.25, 0.3) is 0 Å². The summed E-state index contributed by atoms with van der Waals surface area (Å²) in [5.41, 5.74) is 0.700. The van der Waals surface area contributed by atoms with Crippen molar-refractivity contribution in [3.05, 3.63) is 83.6 Å². The number of aromatic carboxylic acids is 1. The number of hydrogen-bond donors (Lipinski definition) is 1. The van der Waals surface area contributed by atoms with Crippen LogP contribution in [0.1, 0.15) is 28.0 Å². The number of fused-ring (bicyclic) bond motifs is 1. The lowest BCUT2D eigenvalue weighted by atomic mass is 10.2. The topological polar surface area (TPSA) is 111 Å². The third-order valence-electron chi connectivity index (χ3n) is 5.71. The molecule has 0 aliphatic rings. The van der Waals surface area contributed by atoms with E-state index in [1.165, 1.54) is 14.2 Å². The molecule has 0 aliphatic carbocycles. The number of carboxylic acids is 1. The fourth-order valence-corrected chi connectivity index (χ4v) is 5.41. The number of rotatable bonds is 10. The van der Waals surface area contributed by atoms with Crippen LogP contribution in [0.25, 0.3) is 10.9 Å². The molecule has 0 aliphatic heterocycles. The van der Waals surface area contributed by atoms with Crippen LogP contribution in [0.15, 0.2) is 71.8 Å². The highest BCUT2D eigenvalue weighted by molar-refractivity contribution is 7.89. The Kier molecular flexibility index (Phi) is 7.41. The van der Waals surface area contributed by atoms with Gasteiger partial charge in [-0.25, -0.2) is 17.9 Å². The molecule has 37 heavy (non-hydrogen) atoms. The number of alkyl halides is 2. The van der Waals surface area contributed by atoms with Crippen LogP contribution in [0.5, 0.6) is 11.5 Å². The number of ether oxygens (including phenoxy) is 2. The Morgan fingerprint density at radius 1 is 0.973 bits per heavy atom. The van der Waals surface area contributed by atoms with Crippen LogP contribution in [-0.2, 0) is 23.1 Å². The van der Waals surface area contributed by atoms with E-state index in [0.29, 0.717) is 27.3 Å². The molecule has 0 radical (unpaired) electrons. The van der Waals surface area contributed by atoms with Gasteiger partial charge in [-0.3, -0.25) is 0 Å². The number of halogens is 2. The molecule has 0 saturated heterocycles. The highest BCUT2D eigenvalue weighted by Crippen LogP contribution is 2.31. The zero-order valence-corrected chi connectivity index (χ0v) is 20.7. The lowest BCUT2D eigenvalue weighted by Gasteiger charge is -2.23. The standard InChI is InChI=1S/C25H23F2N3O6S/c1-35-19-7-3-16(4-8-19)13-29(14-17-5-9-20(36-2)10-6-17)37(33,34)23-12-18(24(31)32)11-22-21(23)15-30(28-22)25(26)27/h3-12,15,25H,13-14H2,1-2H3,(H,31,32). The molecular weight excluding hydrogens is 508 g/mol. The third kappa shape index (κ3) is 5.54. The van der Waals surface area contributed by atoms with E-state index >= 15 is 0 Å². The minimum Gasteiger partial charge on any atom is -0.497 e. The summed E-state index contributed by atoms with van der Waals surface area (Å²) in [4.78, 5) is 11.3. The molecule has 4 aromatic rings. The van der Waals surface area contributed by atoms with E-state index < -0.39 is 27.4 Å². The maximum absolute atomic E-state index is 14.0. The Hall–Kier alpha value is -4.03. The second-order valence-corrected chi connectivity index (χ2v) is 9.97. The molecule has 0 unspecified atom stereocenters. The maximum Gasteiger partial charge on any atom is 0.335 e. The lowest BCUT2D eigenvalue weighted by molar-refractivity contribution is 0.0573. The van der Waals surface area contributed by atoms with E-state index in [0.717, 1.165) is 22.6 Å². The van der Waals surface area contributed by atoms with Gasteiger partial charge in [-0.2, -0.15) is 18.2 Å². The van der Waals surface area contributed by atoms with Crippen LogP contribution < -0.4 is 9.47 Å². The second-order valence-electron chi connectivity index (χ2n) is 8.07. The lowest BCUT2D eigenvalue weighted by Crippen LogP contribution is -2.30. The van der Waals surface area contributed by atoms with Gasteiger partial charge in [0, 0.05) is 24.7 Å². The van der Waals surface area contributed by atoms with E-state index in [2.05, 4.69) is 5.10 Å². The molecule has 12 heteroatoms. The Balaban J connectivity index is 1.84. The minimum atomic E-state index is -4.41. The van der Waals surface area contributed by atoms with E-state index in [4.69, 9.17) is 9.47 Å². The van der Waals surface area contributed by atoms with E-state index in [1.54, 1.807) is 48.5 Å². The Morgan fingerprint density at radius 3 is 1.92 bits per heavy atom. The van der Waals surface area contributed by atoms with Crippen LogP contribution in [0.4, 0.5) is 8.78 Å². The van der Waals surface area contributed by atoms with Crippen molar-refractivity contribution in [1.82, 2.24) is 14.1 Å². The van der Waals surface area contributed by atoms with Crippen molar-refractivity contribution in [2.45, 2.75) is 24.5 Å². The number of nitrogens with zero attached hydrogens (tertiary/aromatic N) is 3. The van der Waals surface area contributed by atoms with Gasteiger partial charge in [-0.1, -0.05) is 24.3 Å². The van der Waals surface area contributed by atoms with Gasteiger partial charge in [-0.05, 0) is 47.5 Å². The molecule has 9 nitrogen and oxygen atoms in total. The van der Waals surface area contributed by atoms with Crippen LogP contribution in [0, 0.1) is 0 Å². The maximum atomic E-state index is 14.0. The Bertz CT molecular complexity index is 1470. The monoisotopic (exact) mass is 531 g/mol. The number of methoxy groups -OCH3 is 2. The molecule has 0 saturated carbocycles. The van der Waals surface area contributed by atoms with Crippen molar-refractivity contribution >= 4 is 26.9 Å². The highest BCUT2D eigenvalue weighted by atomic mass is 32.2. The summed E-state index contributed by atoms with van der Waals surface area (Å²) in [6.45, 7) is -3.20. The summed E-state index contributed by atoms with van der Waals surface area (Å²) in [5, 5.41) is 13.1. The number of sulfonamides is 1. The van der Waals surface area contributed by atoms with Crippen molar-refractivity contribution in [2.75, 3.05) is 14.2 Å². The zero-order chi connectivity index (χ0) is 26.7. The first kappa shape index (κ1) is 26.0. The fourth-order valence-electron chi connectivity index (χ4n) is 3.78. The largest absolute Gasteiger partial charge is 0.497 e. The first-order valence-corrected chi connectivity index (χ1v) is 12.4. The van der Waals surface area contributed by atoms with Crippen LogP contribution in [0.2, 0.25) is 0 Å². The average Bonchev–Trinajstić information content (AvgIpc) is 3.33. The number of aromatic nitrogens is 2. The average molecular weight is 532 g/mol. The van der Waals surface area contributed by atoms with Gasteiger partial charge in [0.15, 0.2) is 0 Å².